The van der Waals surface area contributed by atoms with Crippen molar-refractivity contribution in [3.63, 3.8) is 0 Å². The van der Waals surface area contributed by atoms with Crippen LogP contribution in [0.5, 0.6) is 0 Å². The van der Waals surface area contributed by atoms with E-state index in [9.17, 15) is 23.9 Å². The number of likely N-dealkylation sites (N-methyl/N-ethyl adjacent to an activating group) is 1. The molecule has 1 N–H and O–H groups in total. The highest BCUT2D eigenvalue weighted by molar-refractivity contribution is 7.17. The molecule has 1 aliphatic rings. The molecule has 0 radical (unpaired) electrons. The van der Waals surface area contributed by atoms with Crippen LogP contribution in [0.2, 0.25) is 5.02 Å². The van der Waals surface area contributed by atoms with Crippen LogP contribution in [0.25, 0.3) is 10.1 Å². The Morgan fingerprint density at radius 3 is 2.38 bits per heavy atom. The summed E-state index contributed by atoms with van der Waals surface area (Å²) >= 11 is 7.70. The number of halogens is 2. The predicted molar refractivity (Wildman–Crippen MR) is 130 cm³/mol. The lowest BCUT2D eigenvalue weighted by molar-refractivity contribution is -0.124. The van der Waals surface area contributed by atoms with Crippen molar-refractivity contribution in [2.24, 2.45) is 0 Å². The van der Waals surface area contributed by atoms with E-state index in [0.717, 1.165) is 5.56 Å². The van der Waals surface area contributed by atoms with Crippen molar-refractivity contribution >= 4 is 50.6 Å². The number of aliphatic hydroxyl groups is 1. The van der Waals surface area contributed by atoms with Crippen LogP contribution in [-0.4, -0.2) is 65.3 Å². The predicted octanol–water partition coefficient (Wildman–Crippen LogP) is 4.17. The SMILES string of the molecule is CN(C)C(=O)C(=O)c1csc2cc(Cl)c(C(=O)N3CCC(O)(Cc4ccc(F)cc4)CC3)cc12. The number of Topliss-reactive ketones (excluding diaryl/α,β-unsaturated/α-hetero) is 1. The van der Waals surface area contributed by atoms with Gasteiger partial charge in [-0.1, -0.05) is 23.7 Å². The van der Waals surface area contributed by atoms with E-state index in [1.165, 1.54) is 42.5 Å². The number of ketones is 1. The van der Waals surface area contributed by atoms with E-state index in [1.54, 1.807) is 34.5 Å². The number of rotatable bonds is 5. The number of carbonyl (C=O) groups excluding carboxylic acids is 3. The summed E-state index contributed by atoms with van der Waals surface area (Å²) in [5.74, 6) is -1.90. The molecule has 1 aliphatic heterocycles. The molecule has 1 fully saturated rings. The van der Waals surface area contributed by atoms with Gasteiger partial charge < -0.3 is 14.9 Å². The van der Waals surface area contributed by atoms with Gasteiger partial charge in [0.05, 0.1) is 16.2 Å². The third kappa shape index (κ3) is 4.85. The van der Waals surface area contributed by atoms with Crippen LogP contribution in [0.4, 0.5) is 4.39 Å². The van der Waals surface area contributed by atoms with Gasteiger partial charge in [0.25, 0.3) is 17.6 Å². The zero-order valence-corrected chi connectivity index (χ0v) is 20.4. The van der Waals surface area contributed by atoms with Gasteiger partial charge in [-0.2, -0.15) is 0 Å². The summed E-state index contributed by atoms with van der Waals surface area (Å²) in [6, 6.07) is 9.25. The number of hydrogen-bond acceptors (Lipinski definition) is 5. The minimum absolute atomic E-state index is 0.247. The van der Waals surface area contributed by atoms with E-state index in [0.29, 0.717) is 42.4 Å². The largest absolute Gasteiger partial charge is 0.389 e. The maximum Gasteiger partial charge on any atom is 0.294 e. The van der Waals surface area contributed by atoms with Crippen LogP contribution in [0.1, 0.15) is 39.1 Å². The molecule has 178 valence electrons. The second-order valence-electron chi connectivity index (χ2n) is 8.83. The van der Waals surface area contributed by atoms with E-state index in [1.807, 2.05) is 0 Å². The molecule has 0 atom stereocenters. The number of piperidine rings is 1. The number of benzene rings is 2. The molecular weight excluding hydrogens is 479 g/mol. The number of thiophene rings is 1. The first-order valence-electron chi connectivity index (χ1n) is 10.8. The number of fused-ring (bicyclic) bond motifs is 1. The van der Waals surface area contributed by atoms with Crippen molar-refractivity contribution in [2.45, 2.75) is 24.9 Å². The Labute approximate surface area is 205 Å². The van der Waals surface area contributed by atoms with Crippen LogP contribution in [0, 0.1) is 5.82 Å². The van der Waals surface area contributed by atoms with Crippen LogP contribution in [0.15, 0.2) is 41.8 Å². The molecule has 2 aromatic carbocycles. The van der Waals surface area contributed by atoms with Gasteiger partial charge in [0, 0.05) is 54.6 Å². The van der Waals surface area contributed by atoms with E-state index < -0.39 is 17.3 Å². The molecule has 6 nitrogen and oxygen atoms in total. The Kier molecular flexibility index (Phi) is 6.75. The van der Waals surface area contributed by atoms with Crippen molar-refractivity contribution in [1.29, 1.82) is 0 Å². The normalized spacial score (nSPS) is 15.4. The van der Waals surface area contributed by atoms with Gasteiger partial charge in [-0.3, -0.25) is 14.4 Å². The maximum absolute atomic E-state index is 13.3. The fraction of sp³-hybridized carbons (Fsp3) is 0.320. The van der Waals surface area contributed by atoms with Gasteiger partial charge in [0.15, 0.2) is 0 Å². The second kappa shape index (κ2) is 9.44. The third-order valence-electron chi connectivity index (χ3n) is 6.17. The Bertz CT molecular complexity index is 1260. The molecule has 34 heavy (non-hydrogen) atoms. The minimum Gasteiger partial charge on any atom is -0.389 e. The summed E-state index contributed by atoms with van der Waals surface area (Å²) in [6.07, 6.45) is 1.12. The molecule has 1 saturated heterocycles. The second-order valence-corrected chi connectivity index (χ2v) is 10.1. The van der Waals surface area contributed by atoms with Crippen molar-refractivity contribution in [3.05, 3.63) is 69.3 Å². The molecule has 9 heteroatoms. The van der Waals surface area contributed by atoms with Crippen molar-refractivity contribution in [3.8, 4) is 0 Å². The average Bonchev–Trinajstić information content (AvgIpc) is 3.21. The summed E-state index contributed by atoms with van der Waals surface area (Å²) < 4.78 is 13.9. The highest BCUT2D eigenvalue weighted by atomic mass is 35.5. The fourth-order valence-corrected chi connectivity index (χ4v) is 5.43. The first kappa shape index (κ1) is 24.3. The lowest BCUT2D eigenvalue weighted by Crippen LogP contribution is -2.47. The monoisotopic (exact) mass is 502 g/mol. The van der Waals surface area contributed by atoms with Gasteiger partial charge in [-0.05, 0) is 42.7 Å². The Balaban J connectivity index is 1.52. The number of amides is 2. The molecule has 0 aliphatic carbocycles. The van der Waals surface area contributed by atoms with E-state index in [-0.39, 0.29) is 27.9 Å². The zero-order valence-electron chi connectivity index (χ0n) is 18.8. The number of hydrogen-bond donors (Lipinski definition) is 1. The summed E-state index contributed by atoms with van der Waals surface area (Å²) in [6.45, 7) is 0.666. The van der Waals surface area contributed by atoms with E-state index in [4.69, 9.17) is 11.6 Å². The highest BCUT2D eigenvalue weighted by Gasteiger charge is 2.35. The van der Waals surface area contributed by atoms with Crippen molar-refractivity contribution < 1.29 is 23.9 Å². The average molecular weight is 503 g/mol. The summed E-state index contributed by atoms with van der Waals surface area (Å²) in [7, 11) is 3.02. The van der Waals surface area contributed by atoms with Crippen LogP contribution in [0.3, 0.4) is 0 Å². The number of carbonyl (C=O) groups is 3. The van der Waals surface area contributed by atoms with Gasteiger partial charge in [0.2, 0.25) is 0 Å². The molecule has 3 aromatic rings. The lowest BCUT2D eigenvalue weighted by atomic mass is 9.85. The molecule has 0 spiro atoms. The minimum atomic E-state index is -0.984. The molecule has 1 aromatic heterocycles. The molecule has 2 amide bonds. The topological polar surface area (TPSA) is 77.9 Å². The Hall–Kier alpha value is -2.81. The molecule has 0 bridgehead atoms. The van der Waals surface area contributed by atoms with Crippen molar-refractivity contribution in [2.75, 3.05) is 27.2 Å². The molecule has 4 rings (SSSR count). The number of nitrogens with zero attached hydrogens (tertiary/aromatic N) is 2. The smallest absolute Gasteiger partial charge is 0.294 e. The highest BCUT2D eigenvalue weighted by Crippen LogP contribution is 2.34. The third-order valence-corrected chi connectivity index (χ3v) is 7.42. The molecular formula is C25H24ClFN2O4S. The van der Waals surface area contributed by atoms with Gasteiger partial charge in [-0.25, -0.2) is 4.39 Å². The lowest BCUT2D eigenvalue weighted by Gasteiger charge is -2.38. The quantitative estimate of drug-likeness (QED) is 0.419. The van der Waals surface area contributed by atoms with E-state index in [2.05, 4.69) is 0 Å². The molecule has 2 heterocycles. The summed E-state index contributed by atoms with van der Waals surface area (Å²) in [4.78, 5) is 40.9. The molecule has 0 saturated carbocycles. The fourth-order valence-electron chi connectivity index (χ4n) is 4.16. The van der Waals surface area contributed by atoms with Gasteiger partial charge in [0.1, 0.15) is 5.82 Å². The summed E-state index contributed by atoms with van der Waals surface area (Å²) in [5.41, 5.74) is 0.348. The first-order valence-corrected chi connectivity index (χ1v) is 12.1. The van der Waals surface area contributed by atoms with E-state index >= 15 is 0 Å². The standard InChI is InChI=1S/C25H24ClFN2O4S/c1-28(2)24(32)22(30)19-14-34-21-12-20(26)18(11-17(19)21)23(31)29-9-7-25(33,8-10-29)13-15-3-5-16(27)6-4-15/h3-6,11-12,14,33H,7-10,13H2,1-2H3. The summed E-state index contributed by atoms with van der Waals surface area (Å²) in [5, 5.41) is 13.4. The van der Waals surface area contributed by atoms with Crippen molar-refractivity contribution in [1.82, 2.24) is 9.80 Å². The molecule has 0 unspecified atom stereocenters. The Morgan fingerprint density at radius 1 is 1.12 bits per heavy atom. The van der Waals surface area contributed by atoms with Crippen LogP contribution < -0.4 is 0 Å². The van der Waals surface area contributed by atoms with Crippen LogP contribution >= 0.6 is 22.9 Å². The van der Waals surface area contributed by atoms with Crippen LogP contribution in [-0.2, 0) is 11.2 Å². The first-order chi connectivity index (χ1) is 16.1. The Morgan fingerprint density at radius 2 is 1.76 bits per heavy atom. The van der Waals surface area contributed by atoms with Gasteiger partial charge in [-0.15, -0.1) is 11.3 Å². The maximum atomic E-state index is 13.3. The number of likely N-dealkylation sites (tertiary alicyclic amines) is 1. The van der Waals surface area contributed by atoms with Gasteiger partial charge >= 0.3 is 0 Å². The zero-order chi connectivity index (χ0) is 24.6.